The summed E-state index contributed by atoms with van der Waals surface area (Å²) in [5.74, 6) is 0.729. The van der Waals surface area contributed by atoms with Crippen LogP contribution in [0, 0.1) is 5.92 Å². The summed E-state index contributed by atoms with van der Waals surface area (Å²) >= 11 is 0. The molecule has 0 radical (unpaired) electrons. The highest BCUT2D eigenvalue weighted by molar-refractivity contribution is 5.22. The Morgan fingerprint density at radius 1 is 1.00 bits per heavy atom. The SMILES string of the molecule is CCNC(CCCc1ccc(CC)cc1)C(C)C. The molecule has 0 aliphatic heterocycles. The summed E-state index contributed by atoms with van der Waals surface area (Å²) in [6, 6.07) is 9.77. The normalized spacial score (nSPS) is 12.9. The van der Waals surface area contributed by atoms with Crippen molar-refractivity contribution in [1.29, 1.82) is 0 Å². The van der Waals surface area contributed by atoms with Crippen molar-refractivity contribution in [2.24, 2.45) is 5.92 Å². The van der Waals surface area contributed by atoms with Crippen LogP contribution in [-0.2, 0) is 12.8 Å². The van der Waals surface area contributed by atoms with Crippen LogP contribution in [-0.4, -0.2) is 12.6 Å². The van der Waals surface area contributed by atoms with Gasteiger partial charge in [-0.2, -0.15) is 0 Å². The molecule has 1 rings (SSSR count). The highest BCUT2D eigenvalue weighted by atomic mass is 14.9. The Hall–Kier alpha value is -0.820. The molecule has 0 aliphatic rings. The van der Waals surface area contributed by atoms with E-state index >= 15 is 0 Å². The van der Waals surface area contributed by atoms with E-state index in [1.54, 1.807) is 0 Å². The van der Waals surface area contributed by atoms with E-state index in [2.05, 4.69) is 57.3 Å². The van der Waals surface area contributed by atoms with Crippen LogP contribution in [0.2, 0.25) is 0 Å². The van der Waals surface area contributed by atoms with Gasteiger partial charge in [-0.15, -0.1) is 0 Å². The van der Waals surface area contributed by atoms with Gasteiger partial charge in [0.2, 0.25) is 0 Å². The van der Waals surface area contributed by atoms with Crippen molar-refractivity contribution in [3.8, 4) is 0 Å². The highest BCUT2D eigenvalue weighted by Crippen LogP contribution is 2.13. The van der Waals surface area contributed by atoms with E-state index in [1.807, 2.05) is 0 Å². The molecule has 0 amide bonds. The van der Waals surface area contributed by atoms with Crippen molar-refractivity contribution in [1.82, 2.24) is 5.32 Å². The van der Waals surface area contributed by atoms with Crippen molar-refractivity contribution in [3.63, 3.8) is 0 Å². The zero-order valence-electron chi connectivity index (χ0n) is 12.5. The molecule has 1 aromatic rings. The van der Waals surface area contributed by atoms with E-state index in [4.69, 9.17) is 0 Å². The first kappa shape index (κ1) is 15.2. The summed E-state index contributed by atoms with van der Waals surface area (Å²) < 4.78 is 0. The van der Waals surface area contributed by atoms with Gasteiger partial charge in [-0.05, 0) is 49.3 Å². The molecule has 0 bridgehead atoms. The molecule has 0 fully saturated rings. The third-order valence-electron chi connectivity index (χ3n) is 3.68. The zero-order valence-corrected chi connectivity index (χ0v) is 12.5. The smallest absolute Gasteiger partial charge is 0.00900 e. The van der Waals surface area contributed by atoms with E-state index in [9.17, 15) is 0 Å². The van der Waals surface area contributed by atoms with Crippen LogP contribution < -0.4 is 5.32 Å². The standard InChI is InChI=1S/C17H29N/c1-5-15-10-12-16(13-11-15)8-7-9-17(14(3)4)18-6-2/h10-14,17-18H,5-9H2,1-4H3. The first-order valence-electron chi connectivity index (χ1n) is 7.48. The van der Waals surface area contributed by atoms with Crippen LogP contribution in [0.4, 0.5) is 0 Å². The number of rotatable bonds is 8. The fourth-order valence-electron chi connectivity index (χ4n) is 2.40. The lowest BCUT2D eigenvalue weighted by molar-refractivity contribution is 0.377. The van der Waals surface area contributed by atoms with Gasteiger partial charge in [0.25, 0.3) is 0 Å². The minimum Gasteiger partial charge on any atom is -0.314 e. The molecule has 1 aromatic carbocycles. The fourth-order valence-corrected chi connectivity index (χ4v) is 2.40. The Bertz CT molecular complexity index is 313. The van der Waals surface area contributed by atoms with Crippen LogP contribution in [0.5, 0.6) is 0 Å². The van der Waals surface area contributed by atoms with E-state index in [0.717, 1.165) is 18.9 Å². The number of hydrogen-bond donors (Lipinski definition) is 1. The van der Waals surface area contributed by atoms with Gasteiger partial charge in [-0.1, -0.05) is 52.0 Å². The van der Waals surface area contributed by atoms with Crippen molar-refractivity contribution in [2.45, 2.75) is 59.4 Å². The fraction of sp³-hybridized carbons (Fsp3) is 0.647. The second-order valence-corrected chi connectivity index (χ2v) is 5.47. The summed E-state index contributed by atoms with van der Waals surface area (Å²) in [5, 5.41) is 3.59. The molecular weight excluding hydrogens is 218 g/mol. The molecule has 1 N–H and O–H groups in total. The Kier molecular flexibility index (Phi) is 7.04. The average Bonchev–Trinajstić information content (AvgIpc) is 2.38. The molecule has 0 aliphatic carbocycles. The molecular formula is C17H29N. The molecule has 0 saturated heterocycles. The van der Waals surface area contributed by atoms with Crippen molar-refractivity contribution >= 4 is 0 Å². The lowest BCUT2D eigenvalue weighted by atomic mass is 9.96. The van der Waals surface area contributed by atoms with Gasteiger partial charge in [0, 0.05) is 6.04 Å². The van der Waals surface area contributed by atoms with Crippen molar-refractivity contribution in [3.05, 3.63) is 35.4 Å². The largest absolute Gasteiger partial charge is 0.314 e. The molecule has 0 aromatic heterocycles. The summed E-state index contributed by atoms with van der Waals surface area (Å²) in [6.45, 7) is 10.1. The maximum absolute atomic E-state index is 3.59. The molecule has 1 heteroatoms. The second-order valence-electron chi connectivity index (χ2n) is 5.47. The maximum atomic E-state index is 3.59. The first-order valence-corrected chi connectivity index (χ1v) is 7.48. The van der Waals surface area contributed by atoms with Gasteiger partial charge in [0.05, 0.1) is 0 Å². The number of hydrogen-bond acceptors (Lipinski definition) is 1. The van der Waals surface area contributed by atoms with E-state index in [0.29, 0.717) is 6.04 Å². The van der Waals surface area contributed by atoms with E-state index < -0.39 is 0 Å². The van der Waals surface area contributed by atoms with Crippen LogP contribution >= 0.6 is 0 Å². The van der Waals surface area contributed by atoms with Crippen LogP contribution in [0.25, 0.3) is 0 Å². The maximum Gasteiger partial charge on any atom is 0.00900 e. The summed E-state index contributed by atoms with van der Waals surface area (Å²) in [7, 11) is 0. The third-order valence-corrected chi connectivity index (χ3v) is 3.68. The van der Waals surface area contributed by atoms with Crippen LogP contribution in [0.15, 0.2) is 24.3 Å². The summed E-state index contributed by atoms with van der Waals surface area (Å²) in [4.78, 5) is 0. The van der Waals surface area contributed by atoms with Crippen molar-refractivity contribution in [2.75, 3.05) is 6.54 Å². The number of nitrogens with one attached hydrogen (secondary N) is 1. The molecule has 1 atom stereocenters. The molecule has 1 unspecified atom stereocenters. The summed E-state index contributed by atoms with van der Waals surface area (Å²) in [6.07, 6.45) is 4.90. The van der Waals surface area contributed by atoms with E-state index in [1.165, 1.54) is 30.4 Å². The Morgan fingerprint density at radius 2 is 1.61 bits per heavy atom. The molecule has 0 spiro atoms. The minimum atomic E-state index is 0.671. The lowest BCUT2D eigenvalue weighted by Crippen LogP contribution is -2.33. The van der Waals surface area contributed by atoms with E-state index in [-0.39, 0.29) is 0 Å². The Balaban J connectivity index is 2.35. The second kappa shape index (κ2) is 8.31. The minimum absolute atomic E-state index is 0.671. The zero-order chi connectivity index (χ0) is 13.4. The topological polar surface area (TPSA) is 12.0 Å². The Labute approximate surface area is 113 Å². The van der Waals surface area contributed by atoms with Gasteiger partial charge in [0.15, 0.2) is 0 Å². The molecule has 0 saturated carbocycles. The molecule has 1 nitrogen and oxygen atoms in total. The van der Waals surface area contributed by atoms with Crippen molar-refractivity contribution < 1.29 is 0 Å². The lowest BCUT2D eigenvalue weighted by Gasteiger charge is -2.21. The highest BCUT2D eigenvalue weighted by Gasteiger charge is 2.10. The average molecular weight is 247 g/mol. The van der Waals surface area contributed by atoms with Gasteiger partial charge in [-0.25, -0.2) is 0 Å². The van der Waals surface area contributed by atoms with Gasteiger partial charge in [-0.3, -0.25) is 0 Å². The monoisotopic (exact) mass is 247 g/mol. The number of benzene rings is 1. The predicted molar refractivity (Wildman–Crippen MR) is 81.1 cm³/mol. The van der Waals surface area contributed by atoms with Gasteiger partial charge < -0.3 is 5.32 Å². The quantitative estimate of drug-likeness (QED) is 0.726. The van der Waals surface area contributed by atoms with Gasteiger partial charge in [0.1, 0.15) is 0 Å². The molecule has 0 heterocycles. The third kappa shape index (κ3) is 5.22. The van der Waals surface area contributed by atoms with Gasteiger partial charge >= 0.3 is 0 Å². The predicted octanol–water partition coefficient (Wildman–Crippen LogP) is 4.21. The van der Waals surface area contributed by atoms with Crippen LogP contribution in [0.3, 0.4) is 0 Å². The summed E-state index contributed by atoms with van der Waals surface area (Å²) in [5.41, 5.74) is 2.91. The number of aryl methyl sites for hydroxylation is 2. The first-order chi connectivity index (χ1) is 8.67. The van der Waals surface area contributed by atoms with Crippen LogP contribution in [0.1, 0.15) is 51.7 Å². The Morgan fingerprint density at radius 3 is 2.11 bits per heavy atom. The molecule has 102 valence electrons. The molecule has 18 heavy (non-hydrogen) atoms.